The number of hydrogen-bond acceptors (Lipinski definition) is 3. The molecule has 1 aromatic carbocycles. The fraction of sp³-hybridized carbons (Fsp3) is 0.579. The van der Waals surface area contributed by atoms with Crippen molar-refractivity contribution in [3.8, 4) is 0 Å². The standard InChI is InChI=1S/C19H28N4O2/c1-13(2)23-16(18(24)20-3)9-15-11-22(12-17(15)23)19(25)21-10-14-7-5-4-6-8-14/h4-8,13,15-17H,9-12H2,1-3H3,(H,20,24)(H,21,25)/t15-,16-,17+/m0/s1. The Kier molecular flexibility index (Phi) is 5.27. The molecule has 2 aliphatic rings. The molecule has 2 fully saturated rings. The van der Waals surface area contributed by atoms with Crippen LogP contribution in [0.3, 0.4) is 0 Å². The number of nitrogens with zero attached hydrogens (tertiary/aromatic N) is 2. The molecule has 6 heteroatoms. The Morgan fingerprint density at radius 1 is 1.20 bits per heavy atom. The first-order chi connectivity index (χ1) is 12.0. The second-order valence-corrected chi connectivity index (χ2v) is 7.28. The predicted molar refractivity (Wildman–Crippen MR) is 97.0 cm³/mol. The number of urea groups is 1. The zero-order valence-electron chi connectivity index (χ0n) is 15.2. The summed E-state index contributed by atoms with van der Waals surface area (Å²) in [4.78, 5) is 28.9. The van der Waals surface area contributed by atoms with Gasteiger partial charge in [-0.05, 0) is 31.7 Å². The third-order valence-electron chi connectivity index (χ3n) is 5.39. The van der Waals surface area contributed by atoms with E-state index in [9.17, 15) is 9.59 Å². The number of benzene rings is 1. The van der Waals surface area contributed by atoms with Crippen LogP contribution < -0.4 is 10.6 Å². The molecular formula is C19H28N4O2. The summed E-state index contributed by atoms with van der Waals surface area (Å²) in [7, 11) is 1.69. The smallest absolute Gasteiger partial charge is 0.317 e. The van der Waals surface area contributed by atoms with Crippen LogP contribution in [0.1, 0.15) is 25.8 Å². The van der Waals surface area contributed by atoms with E-state index in [1.807, 2.05) is 35.2 Å². The molecule has 0 aliphatic carbocycles. The van der Waals surface area contributed by atoms with Crippen LogP contribution in [0.4, 0.5) is 4.79 Å². The third kappa shape index (κ3) is 3.63. The average Bonchev–Trinajstić information content (AvgIpc) is 3.17. The van der Waals surface area contributed by atoms with Crippen LogP contribution in [0.2, 0.25) is 0 Å². The van der Waals surface area contributed by atoms with E-state index in [-0.39, 0.29) is 30.1 Å². The lowest BCUT2D eigenvalue weighted by Crippen LogP contribution is -2.51. The van der Waals surface area contributed by atoms with Gasteiger partial charge >= 0.3 is 6.03 Å². The van der Waals surface area contributed by atoms with E-state index in [1.54, 1.807) is 7.05 Å². The van der Waals surface area contributed by atoms with Gasteiger partial charge in [-0.25, -0.2) is 4.79 Å². The molecule has 0 bridgehead atoms. The molecule has 3 rings (SSSR count). The topological polar surface area (TPSA) is 64.7 Å². The van der Waals surface area contributed by atoms with Gasteiger partial charge < -0.3 is 15.5 Å². The Balaban J connectivity index is 1.60. The number of rotatable bonds is 4. The van der Waals surface area contributed by atoms with Crippen molar-refractivity contribution in [1.82, 2.24) is 20.4 Å². The molecule has 2 saturated heterocycles. The minimum Gasteiger partial charge on any atom is -0.358 e. The van der Waals surface area contributed by atoms with Gasteiger partial charge in [-0.1, -0.05) is 30.3 Å². The summed E-state index contributed by atoms with van der Waals surface area (Å²) in [5, 5.41) is 5.79. The minimum absolute atomic E-state index is 0.0153. The number of hydrogen-bond donors (Lipinski definition) is 2. The van der Waals surface area contributed by atoms with Gasteiger partial charge in [-0.2, -0.15) is 0 Å². The number of likely N-dealkylation sites (N-methyl/N-ethyl adjacent to an activating group) is 1. The summed E-state index contributed by atoms with van der Waals surface area (Å²) in [5.74, 6) is 0.454. The molecule has 2 heterocycles. The first-order valence-electron chi connectivity index (χ1n) is 9.07. The number of carbonyl (C=O) groups is 2. The second-order valence-electron chi connectivity index (χ2n) is 7.28. The number of amides is 3. The van der Waals surface area contributed by atoms with Crippen molar-refractivity contribution in [2.45, 2.75) is 44.9 Å². The minimum atomic E-state index is -0.0745. The zero-order valence-corrected chi connectivity index (χ0v) is 15.2. The van der Waals surface area contributed by atoms with Crippen LogP contribution in [0, 0.1) is 5.92 Å². The summed E-state index contributed by atoms with van der Waals surface area (Å²) in [5.41, 5.74) is 1.10. The van der Waals surface area contributed by atoms with Crippen LogP contribution in [0.25, 0.3) is 0 Å². The van der Waals surface area contributed by atoms with Crippen molar-refractivity contribution in [2.75, 3.05) is 20.1 Å². The molecule has 2 aliphatic heterocycles. The Morgan fingerprint density at radius 2 is 1.92 bits per heavy atom. The number of carbonyl (C=O) groups excluding carboxylic acids is 2. The van der Waals surface area contributed by atoms with Gasteiger partial charge in [0.25, 0.3) is 0 Å². The second kappa shape index (κ2) is 7.44. The maximum atomic E-state index is 12.5. The quantitative estimate of drug-likeness (QED) is 0.868. The maximum Gasteiger partial charge on any atom is 0.317 e. The molecule has 1 aromatic rings. The first kappa shape index (κ1) is 17.7. The van der Waals surface area contributed by atoms with Crippen LogP contribution in [0.15, 0.2) is 30.3 Å². The highest BCUT2D eigenvalue weighted by Crippen LogP contribution is 2.37. The molecule has 3 amide bonds. The average molecular weight is 344 g/mol. The van der Waals surface area contributed by atoms with Gasteiger partial charge in [0.15, 0.2) is 0 Å². The lowest BCUT2D eigenvalue weighted by molar-refractivity contribution is -0.126. The van der Waals surface area contributed by atoms with Crippen LogP contribution in [0.5, 0.6) is 0 Å². The molecule has 136 valence electrons. The van der Waals surface area contributed by atoms with Gasteiger partial charge in [-0.3, -0.25) is 9.69 Å². The molecule has 0 unspecified atom stereocenters. The summed E-state index contributed by atoms with van der Waals surface area (Å²) in [6.45, 7) is 6.20. The zero-order chi connectivity index (χ0) is 18.0. The molecule has 6 nitrogen and oxygen atoms in total. The van der Waals surface area contributed by atoms with E-state index in [0.29, 0.717) is 19.0 Å². The largest absolute Gasteiger partial charge is 0.358 e. The Bertz CT molecular complexity index is 619. The number of likely N-dealkylation sites (tertiary alicyclic amines) is 2. The van der Waals surface area contributed by atoms with E-state index < -0.39 is 0 Å². The summed E-state index contributed by atoms with van der Waals surface area (Å²) in [6, 6.07) is 10.4. The highest BCUT2D eigenvalue weighted by molar-refractivity contribution is 5.82. The van der Waals surface area contributed by atoms with E-state index in [4.69, 9.17) is 0 Å². The van der Waals surface area contributed by atoms with Gasteiger partial charge in [0.2, 0.25) is 5.91 Å². The van der Waals surface area contributed by atoms with Crippen molar-refractivity contribution in [1.29, 1.82) is 0 Å². The van der Waals surface area contributed by atoms with Crippen molar-refractivity contribution in [3.63, 3.8) is 0 Å². The Labute approximate surface area is 149 Å². The molecule has 0 radical (unpaired) electrons. The van der Waals surface area contributed by atoms with E-state index in [0.717, 1.165) is 18.5 Å². The molecule has 0 aromatic heterocycles. The van der Waals surface area contributed by atoms with Crippen LogP contribution >= 0.6 is 0 Å². The van der Waals surface area contributed by atoms with Gasteiger partial charge in [0.1, 0.15) is 0 Å². The van der Waals surface area contributed by atoms with Crippen molar-refractivity contribution >= 4 is 11.9 Å². The fourth-order valence-corrected chi connectivity index (χ4v) is 4.27. The van der Waals surface area contributed by atoms with E-state index in [2.05, 4.69) is 29.4 Å². The van der Waals surface area contributed by atoms with Gasteiger partial charge in [0.05, 0.1) is 6.04 Å². The molecule has 25 heavy (non-hydrogen) atoms. The van der Waals surface area contributed by atoms with Crippen LogP contribution in [-0.4, -0.2) is 60.0 Å². The van der Waals surface area contributed by atoms with Crippen LogP contribution in [-0.2, 0) is 11.3 Å². The molecule has 0 saturated carbocycles. The van der Waals surface area contributed by atoms with Gasteiger partial charge in [-0.15, -0.1) is 0 Å². The number of nitrogens with one attached hydrogen (secondary N) is 2. The highest BCUT2D eigenvalue weighted by Gasteiger charge is 2.50. The molecule has 2 N–H and O–H groups in total. The summed E-state index contributed by atoms with van der Waals surface area (Å²) in [6.07, 6.45) is 0.824. The maximum absolute atomic E-state index is 12.5. The summed E-state index contributed by atoms with van der Waals surface area (Å²) >= 11 is 0. The molecular weight excluding hydrogens is 316 g/mol. The molecule has 0 spiro atoms. The normalized spacial score (nSPS) is 25.9. The lowest BCUT2D eigenvalue weighted by atomic mass is 10.0. The van der Waals surface area contributed by atoms with E-state index >= 15 is 0 Å². The van der Waals surface area contributed by atoms with Gasteiger partial charge in [0, 0.05) is 38.8 Å². The first-order valence-corrected chi connectivity index (χ1v) is 9.07. The van der Waals surface area contributed by atoms with Crippen molar-refractivity contribution < 1.29 is 9.59 Å². The lowest BCUT2D eigenvalue weighted by Gasteiger charge is -2.33. The van der Waals surface area contributed by atoms with Crippen molar-refractivity contribution in [2.24, 2.45) is 5.92 Å². The summed E-state index contributed by atoms with van der Waals surface area (Å²) < 4.78 is 0. The monoisotopic (exact) mass is 344 g/mol. The van der Waals surface area contributed by atoms with E-state index in [1.165, 1.54) is 0 Å². The molecule has 3 atom stereocenters. The Morgan fingerprint density at radius 3 is 2.56 bits per heavy atom. The SMILES string of the molecule is CNC(=O)[C@@H]1C[C@H]2CN(C(=O)NCc3ccccc3)C[C@H]2N1C(C)C. The highest BCUT2D eigenvalue weighted by atomic mass is 16.2. The van der Waals surface area contributed by atoms with Crippen molar-refractivity contribution in [3.05, 3.63) is 35.9 Å². The third-order valence-corrected chi connectivity index (χ3v) is 5.39. The fourth-order valence-electron chi connectivity index (χ4n) is 4.27. The Hall–Kier alpha value is -2.08. The number of fused-ring (bicyclic) bond motifs is 1. The predicted octanol–water partition coefficient (Wildman–Crippen LogP) is 1.43.